The van der Waals surface area contributed by atoms with Crippen LogP contribution in [0.1, 0.15) is 51.4 Å². The SMILES string of the molecule is O=C1C[C@@]23CC[C@@H]1[C@@H](O)C[C@]21CCC[C@@H]1CC3=O. The van der Waals surface area contributed by atoms with Gasteiger partial charge in [0.15, 0.2) is 0 Å². The Bertz CT molecular complexity index is 443. The molecule has 5 aliphatic rings. The summed E-state index contributed by atoms with van der Waals surface area (Å²) < 4.78 is 0. The smallest absolute Gasteiger partial charge is 0.140 e. The Morgan fingerprint density at radius 2 is 2.00 bits per heavy atom. The summed E-state index contributed by atoms with van der Waals surface area (Å²) in [5.41, 5.74) is -0.399. The van der Waals surface area contributed by atoms with Gasteiger partial charge in [-0.25, -0.2) is 0 Å². The van der Waals surface area contributed by atoms with Gasteiger partial charge in [-0.15, -0.1) is 0 Å². The van der Waals surface area contributed by atoms with Crippen molar-refractivity contribution in [2.24, 2.45) is 22.7 Å². The van der Waals surface area contributed by atoms with E-state index in [1.165, 1.54) is 6.42 Å². The standard InChI is InChI=1S/C15H20O3/c16-11-7-14-4-1-2-9(14)6-13(18)15(14)5-3-10(11)12(17)8-15/h9-11,16H,1-8H2/t9-,10-,11+,14+,15-/m1/s1. The van der Waals surface area contributed by atoms with Crippen LogP contribution >= 0.6 is 0 Å². The van der Waals surface area contributed by atoms with Gasteiger partial charge in [0.25, 0.3) is 0 Å². The molecule has 18 heavy (non-hydrogen) atoms. The number of Topliss-reactive ketones (excluding diaryl/α,β-unsaturated/α-hetero) is 2. The van der Waals surface area contributed by atoms with Gasteiger partial charge in [0.2, 0.25) is 0 Å². The Labute approximate surface area is 107 Å². The Hall–Kier alpha value is -0.700. The second-order valence-electron chi connectivity index (χ2n) is 7.01. The molecular weight excluding hydrogens is 228 g/mol. The molecule has 5 rings (SSSR count). The molecular formula is C15H20O3. The zero-order valence-electron chi connectivity index (χ0n) is 10.7. The van der Waals surface area contributed by atoms with E-state index in [9.17, 15) is 14.7 Å². The summed E-state index contributed by atoms with van der Waals surface area (Å²) in [5, 5.41) is 10.4. The summed E-state index contributed by atoms with van der Waals surface area (Å²) in [6.07, 6.45) is 6.27. The number of hydrogen-bond donors (Lipinski definition) is 1. The first-order valence-electron chi connectivity index (χ1n) is 7.33. The number of rotatable bonds is 0. The maximum Gasteiger partial charge on any atom is 0.140 e. The molecule has 98 valence electrons. The van der Waals surface area contributed by atoms with Crippen molar-refractivity contribution in [2.45, 2.75) is 57.5 Å². The van der Waals surface area contributed by atoms with Crippen LogP contribution in [0.25, 0.3) is 0 Å². The van der Waals surface area contributed by atoms with E-state index in [1.807, 2.05) is 0 Å². The van der Waals surface area contributed by atoms with E-state index in [2.05, 4.69) is 0 Å². The van der Waals surface area contributed by atoms with Crippen molar-refractivity contribution in [3.63, 3.8) is 0 Å². The summed E-state index contributed by atoms with van der Waals surface area (Å²) in [5.74, 6) is 0.772. The lowest BCUT2D eigenvalue weighted by Crippen LogP contribution is -2.44. The molecule has 0 saturated heterocycles. The largest absolute Gasteiger partial charge is 0.392 e. The predicted molar refractivity (Wildman–Crippen MR) is 64.8 cm³/mol. The number of hydrogen-bond acceptors (Lipinski definition) is 3. The second kappa shape index (κ2) is 3.24. The molecule has 0 aromatic carbocycles. The fourth-order valence-electron chi connectivity index (χ4n) is 5.90. The van der Waals surface area contributed by atoms with Crippen LogP contribution in [0.3, 0.4) is 0 Å². The first-order valence-corrected chi connectivity index (χ1v) is 7.33. The fraction of sp³-hybridized carbons (Fsp3) is 0.867. The third-order valence-electron chi connectivity index (χ3n) is 6.69. The summed E-state index contributed by atoms with van der Waals surface area (Å²) in [6.45, 7) is 0. The zero-order chi connectivity index (χ0) is 12.5. The lowest BCUT2D eigenvalue weighted by Gasteiger charge is -2.44. The van der Waals surface area contributed by atoms with Gasteiger partial charge in [0.1, 0.15) is 11.6 Å². The Kier molecular flexibility index (Phi) is 2.01. The van der Waals surface area contributed by atoms with E-state index in [0.29, 0.717) is 31.0 Å². The molecule has 0 amide bonds. The highest BCUT2D eigenvalue weighted by Crippen LogP contribution is 2.70. The number of aliphatic hydroxyl groups excluding tert-OH is 1. The molecule has 0 aromatic rings. The Balaban J connectivity index is 1.91. The van der Waals surface area contributed by atoms with E-state index >= 15 is 0 Å². The van der Waals surface area contributed by atoms with Crippen molar-refractivity contribution in [1.82, 2.24) is 0 Å². The van der Waals surface area contributed by atoms with Gasteiger partial charge in [-0.1, -0.05) is 6.42 Å². The van der Waals surface area contributed by atoms with E-state index in [4.69, 9.17) is 0 Å². The minimum atomic E-state index is -0.492. The molecule has 0 heterocycles. The molecule has 5 aliphatic carbocycles. The molecule has 3 nitrogen and oxygen atoms in total. The molecule has 2 spiro atoms. The van der Waals surface area contributed by atoms with Crippen molar-refractivity contribution in [3.05, 3.63) is 0 Å². The van der Waals surface area contributed by atoms with Gasteiger partial charge in [-0.3, -0.25) is 9.59 Å². The monoisotopic (exact) mass is 248 g/mol. The zero-order valence-corrected chi connectivity index (χ0v) is 10.7. The maximum absolute atomic E-state index is 12.6. The summed E-state index contributed by atoms with van der Waals surface area (Å²) in [4.78, 5) is 24.8. The fourth-order valence-corrected chi connectivity index (χ4v) is 5.90. The maximum atomic E-state index is 12.6. The Morgan fingerprint density at radius 1 is 1.17 bits per heavy atom. The number of aliphatic hydroxyl groups is 1. The summed E-state index contributed by atoms with van der Waals surface area (Å²) >= 11 is 0. The molecule has 3 heteroatoms. The summed E-state index contributed by atoms with van der Waals surface area (Å²) in [6, 6.07) is 0. The highest BCUT2D eigenvalue weighted by Gasteiger charge is 2.70. The van der Waals surface area contributed by atoms with Gasteiger partial charge in [0, 0.05) is 24.2 Å². The first-order chi connectivity index (χ1) is 8.59. The van der Waals surface area contributed by atoms with Gasteiger partial charge in [0.05, 0.1) is 6.10 Å². The third kappa shape index (κ3) is 1.02. The quantitative estimate of drug-likeness (QED) is 0.712. The van der Waals surface area contributed by atoms with Crippen LogP contribution in [0.2, 0.25) is 0 Å². The van der Waals surface area contributed by atoms with E-state index in [1.54, 1.807) is 0 Å². The minimum absolute atomic E-state index is 0.0234. The topological polar surface area (TPSA) is 54.4 Å². The van der Waals surface area contributed by atoms with Crippen LogP contribution < -0.4 is 0 Å². The third-order valence-corrected chi connectivity index (χ3v) is 6.69. The highest BCUT2D eigenvalue weighted by atomic mass is 16.3. The van der Waals surface area contributed by atoms with Crippen LogP contribution in [0.5, 0.6) is 0 Å². The average Bonchev–Trinajstić information content (AvgIpc) is 2.72. The molecule has 5 fully saturated rings. The van der Waals surface area contributed by atoms with Crippen LogP contribution in [0, 0.1) is 22.7 Å². The normalized spacial score (nSPS) is 54.4. The Morgan fingerprint density at radius 3 is 2.78 bits per heavy atom. The van der Waals surface area contributed by atoms with Gasteiger partial charge < -0.3 is 5.11 Å². The van der Waals surface area contributed by atoms with Crippen molar-refractivity contribution in [2.75, 3.05) is 0 Å². The molecule has 2 bridgehead atoms. The van der Waals surface area contributed by atoms with Crippen molar-refractivity contribution in [3.8, 4) is 0 Å². The number of ketones is 2. The number of fused-ring (bicyclic) bond motifs is 3. The van der Waals surface area contributed by atoms with Gasteiger partial charge in [-0.05, 0) is 43.4 Å². The molecule has 5 atom stereocenters. The molecule has 0 aromatic heterocycles. The highest BCUT2D eigenvalue weighted by molar-refractivity contribution is 5.96. The second-order valence-corrected chi connectivity index (χ2v) is 7.01. The van der Waals surface area contributed by atoms with Crippen LogP contribution in [-0.4, -0.2) is 22.8 Å². The summed E-state index contributed by atoms with van der Waals surface area (Å²) in [7, 11) is 0. The lowest BCUT2D eigenvalue weighted by atomic mass is 9.57. The lowest BCUT2D eigenvalue weighted by molar-refractivity contribution is -0.141. The number of carbonyl (C=O) groups excluding carboxylic acids is 2. The van der Waals surface area contributed by atoms with E-state index < -0.39 is 6.10 Å². The first kappa shape index (κ1) is 11.2. The molecule has 0 radical (unpaired) electrons. The van der Waals surface area contributed by atoms with Gasteiger partial charge in [-0.2, -0.15) is 0 Å². The van der Waals surface area contributed by atoms with Crippen LogP contribution in [-0.2, 0) is 9.59 Å². The van der Waals surface area contributed by atoms with Crippen molar-refractivity contribution < 1.29 is 14.7 Å². The van der Waals surface area contributed by atoms with E-state index in [0.717, 1.165) is 25.7 Å². The average molecular weight is 248 g/mol. The molecule has 0 aliphatic heterocycles. The van der Waals surface area contributed by atoms with Gasteiger partial charge >= 0.3 is 0 Å². The van der Waals surface area contributed by atoms with Crippen molar-refractivity contribution >= 4 is 11.6 Å². The molecule has 5 saturated carbocycles. The van der Waals surface area contributed by atoms with Crippen LogP contribution in [0.4, 0.5) is 0 Å². The predicted octanol–water partition coefficient (Wildman–Crippen LogP) is 1.87. The van der Waals surface area contributed by atoms with Crippen molar-refractivity contribution in [1.29, 1.82) is 0 Å². The molecule has 0 unspecified atom stereocenters. The number of carbonyl (C=O) groups is 2. The minimum Gasteiger partial charge on any atom is -0.392 e. The molecule has 1 N–H and O–H groups in total. The van der Waals surface area contributed by atoms with E-state index in [-0.39, 0.29) is 22.5 Å². The van der Waals surface area contributed by atoms with Crippen LogP contribution in [0.15, 0.2) is 0 Å².